The highest BCUT2D eigenvalue weighted by Gasteiger charge is 2.26. The van der Waals surface area contributed by atoms with Crippen LogP contribution in [0.25, 0.3) is 0 Å². The third kappa shape index (κ3) is 5.51. The molecule has 12 heteroatoms. The van der Waals surface area contributed by atoms with Gasteiger partial charge in [0.15, 0.2) is 0 Å². The van der Waals surface area contributed by atoms with Gasteiger partial charge >= 0.3 is 11.9 Å². The van der Waals surface area contributed by atoms with Crippen molar-refractivity contribution in [3.05, 3.63) is 63.2 Å². The molecule has 0 unspecified atom stereocenters. The fraction of sp³-hybridized carbons (Fsp3) is 0.235. The molecular formula is C17H19N3O7S2. The zero-order valence-electron chi connectivity index (χ0n) is 15.8. The molecule has 10 nitrogen and oxygen atoms in total. The molecule has 0 aliphatic rings. The molecule has 2 aromatic rings. The highest BCUT2D eigenvalue weighted by molar-refractivity contribution is 7.91. The third-order valence-corrected chi connectivity index (χ3v) is 7.03. The summed E-state index contributed by atoms with van der Waals surface area (Å²) >= 11 is 0. The van der Waals surface area contributed by atoms with Gasteiger partial charge in [-0.1, -0.05) is 17.7 Å². The number of nitro groups is 1. The lowest BCUT2D eigenvalue weighted by atomic mass is 10.1. The van der Waals surface area contributed by atoms with Gasteiger partial charge in [0.1, 0.15) is 0 Å². The summed E-state index contributed by atoms with van der Waals surface area (Å²) in [6.45, 7) is 4.63. The van der Waals surface area contributed by atoms with Crippen LogP contribution in [0.5, 0.6) is 0 Å². The lowest BCUT2D eigenvalue weighted by molar-refractivity contribution is -0.458. The number of aryl methyl sites for hydroxylation is 3. The van der Waals surface area contributed by atoms with Crippen molar-refractivity contribution in [1.29, 1.82) is 0 Å². The number of sulfone groups is 1. The number of rotatable bonds is 6. The van der Waals surface area contributed by atoms with Crippen molar-refractivity contribution in [2.24, 2.45) is 0 Å². The van der Waals surface area contributed by atoms with Crippen LogP contribution in [0.1, 0.15) is 16.7 Å². The molecule has 0 radical (unpaired) electrons. The second-order valence-corrected chi connectivity index (χ2v) is 9.97. The molecule has 2 amide bonds. The molecule has 0 saturated carbocycles. The number of amides is 2. The number of hydrogen-bond donors (Lipinski definition) is 2. The molecule has 2 aromatic carbocycles. The number of urea groups is 1. The monoisotopic (exact) mass is 441 g/mol. The highest BCUT2D eigenvalue weighted by Crippen LogP contribution is 2.25. The number of carbonyl (C=O) groups is 1. The Bertz CT molecular complexity index is 1150. The second-order valence-electron chi connectivity index (χ2n) is 6.39. The van der Waals surface area contributed by atoms with E-state index in [0.29, 0.717) is 0 Å². The zero-order valence-corrected chi connectivity index (χ0v) is 17.4. The maximum Gasteiger partial charge on any atom is 0.333 e. The number of sulfonamides is 1. The van der Waals surface area contributed by atoms with Crippen molar-refractivity contribution in [3.8, 4) is 0 Å². The van der Waals surface area contributed by atoms with Crippen molar-refractivity contribution in [2.45, 2.75) is 30.6 Å². The highest BCUT2D eigenvalue weighted by atomic mass is 32.2. The van der Waals surface area contributed by atoms with Gasteiger partial charge in [-0.05, 0) is 56.2 Å². The largest absolute Gasteiger partial charge is 0.333 e. The van der Waals surface area contributed by atoms with Gasteiger partial charge in [0.25, 0.3) is 10.0 Å². The van der Waals surface area contributed by atoms with Gasteiger partial charge in [-0.25, -0.2) is 26.4 Å². The first kappa shape index (κ1) is 22.3. The molecule has 0 aromatic heterocycles. The number of nitrogens with zero attached hydrogens (tertiary/aromatic N) is 1. The van der Waals surface area contributed by atoms with Crippen LogP contribution < -0.4 is 10.0 Å². The molecule has 0 fully saturated rings. The number of carbonyl (C=O) groups excluding carboxylic acids is 1. The summed E-state index contributed by atoms with van der Waals surface area (Å²) in [5, 5.41) is 12.9. The van der Waals surface area contributed by atoms with E-state index in [1.165, 1.54) is 38.1 Å². The van der Waals surface area contributed by atoms with Gasteiger partial charge in [-0.3, -0.25) is 10.1 Å². The summed E-state index contributed by atoms with van der Waals surface area (Å²) in [6.07, 6.45) is 0. The number of nitrogens with one attached hydrogen (secondary N) is 2. The second kappa shape index (κ2) is 8.17. The molecule has 0 atom stereocenters. The maximum absolute atomic E-state index is 12.3. The molecule has 0 bridgehead atoms. The first-order valence-electron chi connectivity index (χ1n) is 8.18. The van der Waals surface area contributed by atoms with Gasteiger partial charge in [-0.15, -0.1) is 0 Å². The van der Waals surface area contributed by atoms with E-state index in [-0.39, 0.29) is 26.6 Å². The first-order chi connectivity index (χ1) is 13.3. The van der Waals surface area contributed by atoms with Crippen LogP contribution in [-0.4, -0.2) is 33.7 Å². The van der Waals surface area contributed by atoms with Gasteiger partial charge < -0.3 is 5.32 Å². The van der Waals surface area contributed by atoms with Crippen LogP contribution in [0, 0.1) is 30.9 Å². The normalized spacial score (nSPS) is 11.7. The standard InChI is InChI=1S/C17H19N3O7S2/c1-11-4-6-15(7-5-11)29(26,27)19-17(21)18-14-8-12(2)16(13(3)9-14)28(24,25)10-20(22)23/h4-9H,10H2,1-3H3,(H2,18,19,21). The average Bonchev–Trinajstić information content (AvgIpc) is 2.52. The van der Waals surface area contributed by atoms with E-state index in [4.69, 9.17) is 0 Å². The van der Waals surface area contributed by atoms with Crippen LogP contribution >= 0.6 is 0 Å². The minimum absolute atomic E-state index is 0.0909. The molecular weight excluding hydrogens is 422 g/mol. The Morgan fingerprint density at radius 3 is 2.00 bits per heavy atom. The summed E-state index contributed by atoms with van der Waals surface area (Å²) in [5.74, 6) is -1.25. The van der Waals surface area contributed by atoms with E-state index in [1.807, 2.05) is 4.72 Å². The van der Waals surface area contributed by atoms with E-state index < -0.39 is 36.7 Å². The molecule has 2 rings (SSSR count). The van der Waals surface area contributed by atoms with E-state index in [9.17, 15) is 31.7 Å². The fourth-order valence-electron chi connectivity index (χ4n) is 2.77. The van der Waals surface area contributed by atoms with Crippen molar-refractivity contribution in [2.75, 3.05) is 11.2 Å². The molecule has 2 N–H and O–H groups in total. The molecule has 29 heavy (non-hydrogen) atoms. The van der Waals surface area contributed by atoms with E-state index >= 15 is 0 Å². The lowest BCUT2D eigenvalue weighted by Crippen LogP contribution is -2.34. The smallest absolute Gasteiger partial charge is 0.307 e. The summed E-state index contributed by atoms with van der Waals surface area (Å²) in [6, 6.07) is 7.43. The minimum Gasteiger partial charge on any atom is -0.307 e. The molecule has 0 saturated heterocycles. The van der Waals surface area contributed by atoms with Crippen molar-refractivity contribution in [3.63, 3.8) is 0 Å². The van der Waals surface area contributed by atoms with Crippen LogP contribution in [0.15, 0.2) is 46.2 Å². The predicted molar refractivity (Wildman–Crippen MR) is 105 cm³/mol. The van der Waals surface area contributed by atoms with Crippen LogP contribution in [0.3, 0.4) is 0 Å². The Morgan fingerprint density at radius 2 is 1.52 bits per heavy atom. The van der Waals surface area contributed by atoms with E-state index in [2.05, 4.69) is 5.32 Å². The van der Waals surface area contributed by atoms with Gasteiger partial charge in [0.2, 0.25) is 9.84 Å². The Labute approximate surface area is 168 Å². The Balaban J connectivity index is 2.23. The Morgan fingerprint density at radius 1 is 1.00 bits per heavy atom. The molecule has 156 valence electrons. The van der Waals surface area contributed by atoms with E-state index in [1.54, 1.807) is 19.1 Å². The fourth-order valence-corrected chi connectivity index (χ4v) is 5.18. The number of benzene rings is 2. The first-order valence-corrected chi connectivity index (χ1v) is 11.3. The summed E-state index contributed by atoms with van der Waals surface area (Å²) in [5.41, 5.74) is 1.36. The maximum atomic E-state index is 12.3. The molecule has 0 spiro atoms. The summed E-state index contributed by atoms with van der Waals surface area (Å²) < 4.78 is 50.7. The van der Waals surface area contributed by atoms with Gasteiger partial charge in [0.05, 0.1) is 9.79 Å². The molecule has 0 aliphatic carbocycles. The topological polar surface area (TPSA) is 153 Å². The summed E-state index contributed by atoms with van der Waals surface area (Å²) in [4.78, 5) is 21.5. The minimum atomic E-state index is -4.16. The lowest BCUT2D eigenvalue weighted by Gasteiger charge is -2.13. The van der Waals surface area contributed by atoms with Crippen molar-refractivity contribution >= 4 is 31.6 Å². The number of anilines is 1. The van der Waals surface area contributed by atoms with Crippen LogP contribution in [-0.2, 0) is 19.9 Å². The van der Waals surface area contributed by atoms with Gasteiger partial charge in [0, 0.05) is 10.6 Å². The summed E-state index contributed by atoms with van der Waals surface area (Å²) in [7, 11) is -8.25. The quantitative estimate of drug-likeness (QED) is 0.514. The predicted octanol–water partition coefficient (Wildman–Crippen LogP) is 2.13. The van der Waals surface area contributed by atoms with Crippen LogP contribution in [0.2, 0.25) is 0 Å². The van der Waals surface area contributed by atoms with Gasteiger partial charge in [-0.2, -0.15) is 0 Å². The third-order valence-electron chi connectivity index (χ3n) is 3.86. The number of hydrogen-bond acceptors (Lipinski definition) is 7. The SMILES string of the molecule is Cc1ccc(S(=O)(=O)NC(=O)Nc2cc(C)c(S(=O)(=O)C[N+](=O)[O-])c(C)c2)cc1. The van der Waals surface area contributed by atoms with Crippen LogP contribution in [0.4, 0.5) is 10.5 Å². The zero-order chi connectivity index (χ0) is 22.0. The van der Waals surface area contributed by atoms with Crippen molar-refractivity contribution < 1.29 is 26.6 Å². The molecule has 0 aliphatic heterocycles. The average molecular weight is 441 g/mol. The Hall–Kier alpha value is -2.99. The van der Waals surface area contributed by atoms with Crippen molar-refractivity contribution in [1.82, 2.24) is 4.72 Å². The Kier molecular flexibility index (Phi) is 6.28. The molecule has 0 heterocycles. The van der Waals surface area contributed by atoms with E-state index in [0.717, 1.165) is 5.56 Å².